The average Bonchev–Trinajstić information content (AvgIpc) is 3.28. The molecule has 194 valence electrons. The molecule has 1 aromatic carbocycles. The smallest absolute Gasteiger partial charge is 0.269 e. The Kier molecular flexibility index (Phi) is 6.52. The summed E-state index contributed by atoms with van der Waals surface area (Å²) in [6.45, 7) is 5.69. The summed E-state index contributed by atoms with van der Waals surface area (Å²) >= 11 is 0. The first kappa shape index (κ1) is 25.3. The van der Waals surface area contributed by atoms with E-state index in [1.54, 1.807) is 42.5 Å². The Bertz CT molecular complexity index is 1700. The molecule has 0 bridgehead atoms. The first-order valence-electron chi connectivity index (χ1n) is 11.7. The van der Waals surface area contributed by atoms with Gasteiger partial charge in [-0.2, -0.15) is 0 Å². The number of pyridine rings is 1. The van der Waals surface area contributed by atoms with Crippen molar-refractivity contribution >= 4 is 41.9 Å². The number of nitrogens with zero attached hydrogens (tertiary/aromatic N) is 5. The first-order chi connectivity index (χ1) is 17.5. The van der Waals surface area contributed by atoms with Crippen molar-refractivity contribution in [3.05, 3.63) is 66.1 Å². The van der Waals surface area contributed by atoms with Gasteiger partial charge >= 0.3 is 0 Å². The Hall–Kier alpha value is -3.32. The summed E-state index contributed by atoms with van der Waals surface area (Å²) in [5, 5.41) is 7.82. The van der Waals surface area contributed by atoms with Crippen LogP contribution >= 0.6 is 0 Å². The Balaban J connectivity index is 1.68. The van der Waals surface area contributed by atoms with Crippen molar-refractivity contribution in [2.45, 2.75) is 24.8 Å². The van der Waals surface area contributed by atoms with Crippen molar-refractivity contribution in [3.63, 3.8) is 0 Å². The van der Waals surface area contributed by atoms with E-state index < -0.39 is 19.7 Å². The number of fused-ring (bicyclic) bond motifs is 1. The molecule has 0 radical (unpaired) electrons. The first-order valence-corrected chi connectivity index (χ1v) is 15.2. The van der Waals surface area contributed by atoms with Crippen LogP contribution in [0.2, 0.25) is 0 Å². The number of hydrogen-bond donors (Lipinski definition) is 1. The summed E-state index contributed by atoms with van der Waals surface area (Å²) in [5.74, 6) is 0.997. The predicted octanol–water partition coefficient (Wildman–Crippen LogP) is 2.20. The third-order valence-electron chi connectivity index (χ3n) is 6.12. The number of anilines is 1. The van der Waals surface area contributed by atoms with Crippen LogP contribution in [0.3, 0.4) is 0 Å². The second kappa shape index (κ2) is 9.53. The summed E-state index contributed by atoms with van der Waals surface area (Å²) in [4.78, 5) is 16.1. The van der Waals surface area contributed by atoms with Gasteiger partial charge in [-0.1, -0.05) is 17.7 Å². The summed E-state index contributed by atoms with van der Waals surface area (Å²) in [7, 11) is -6.61. The molecule has 1 fully saturated rings. The van der Waals surface area contributed by atoms with Crippen LogP contribution < -0.4 is 10.0 Å². The molecule has 1 aliphatic rings. The van der Waals surface area contributed by atoms with Gasteiger partial charge in [-0.25, -0.2) is 27.3 Å². The van der Waals surface area contributed by atoms with E-state index in [0.717, 1.165) is 9.54 Å². The molecule has 0 aliphatic carbocycles. The van der Waals surface area contributed by atoms with E-state index in [2.05, 4.69) is 14.9 Å². The normalized spacial score (nSPS) is 18.1. The molecule has 4 heterocycles. The lowest BCUT2D eigenvalue weighted by Crippen LogP contribution is -2.44. The molecular formula is C25H28N6O4S2. The molecule has 5 rings (SSSR count). The van der Waals surface area contributed by atoms with Crippen molar-refractivity contribution < 1.29 is 17.4 Å². The minimum absolute atomic E-state index is 0.0754. The van der Waals surface area contributed by atoms with Crippen molar-refractivity contribution in [1.29, 1.82) is 0 Å². The van der Waals surface area contributed by atoms with Crippen LogP contribution in [0.25, 0.3) is 22.4 Å². The number of hydrogen-bond acceptors (Lipinski definition) is 8. The molecular weight excluding hydrogens is 512 g/mol. The summed E-state index contributed by atoms with van der Waals surface area (Å²) in [6.07, 6.45) is 4.45. The maximum atomic E-state index is 13.4. The van der Waals surface area contributed by atoms with Gasteiger partial charge in [-0.05, 0) is 38.1 Å². The van der Waals surface area contributed by atoms with E-state index in [1.165, 1.54) is 24.0 Å². The summed E-state index contributed by atoms with van der Waals surface area (Å²) < 4.78 is 45.9. The van der Waals surface area contributed by atoms with Crippen LogP contribution in [0.5, 0.6) is 0 Å². The number of aromatic nitrogens is 4. The van der Waals surface area contributed by atoms with Crippen molar-refractivity contribution in [2.24, 2.45) is 5.14 Å². The van der Waals surface area contributed by atoms with Gasteiger partial charge in [0.2, 0.25) is 0 Å². The highest BCUT2D eigenvalue weighted by Crippen LogP contribution is 2.30. The van der Waals surface area contributed by atoms with Gasteiger partial charge < -0.3 is 9.64 Å². The molecule has 3 aromatic heterocycles. The Morgan fingerprint density at radius 3 is 2.57 bits per heavy atom. The number of morpholine rings is 1. The molecule has 1 aliphatic heterocycles. The Morgan fingerprint density at radius 2 is 1.86 bits per heavy atom. The van der Waals surface area contributed by atoms with Crippen LogP contribution in [0, 0.1) is 6.92 Å². The Morgan fingerprint density at radius 1 is 1.11 bits per heavy atom. The molecule has 4 aromatic rings. The van der Waals surface area contributed by atoms with E-state index in [4.69, 9.17) is 14.9 Å². The van der Waals surface area contributed by atoms with Gasteiger partial charge in [0.05, 0.1) is 29.8 Å². The van der Waals surface area contributed by atoms with Crippen LogP contribution in [0.4, 0.5) is 5.82 Å². The second-order valence-electron chi connectivity index (χ2n) is 9.20. The van der Waals surface area contributed by atoms with E-state index in [9.17, 15) is 12.6 Å². The third-order valence-corrected chi connectivity index (χ3v) is 8.51. The highest BCUT2D eigenvalue weighted by Gasteiger charge is 2.24. The highest BCUT2D eigenvalue weighted by molar-refractivity contribution is 7.98. The van der Waals surface area contributed by atoms with E-state index in [-0.39, 0.29) is 16.6 Å². The molecule has 0 amide bonds. The van der Waals surface area contributed by atoms with Gasteiger partial charge in [0, 0.05) is 57.3 Å². The topological polar surface area (TPSA) is 133 Å². The fourth-order valence-electron chi connectivity index (χ4n) is 4.32. The monoisotopic (exact) mass is 540 g/mol. The lowest BCUT2D eigenvalue weighted by molar-refractivity contribution is 0.0985. The number of aryl methyl sites for hydroxylation is 1. The van der Waals surface area contributed by atoms with E-state index >= 15 is 0 Å². The SMILES string of the molecule is Cc1ccc(S(=O)(=O)n2ccc3c(-c4nc(C=S(C)(N)=O)cc(N5CCOC[C@H]5C)n4)ccnc32)cc1. The van der Waals surface area contributed by atoms with Crippen LogP contribution in [-0.4, -0.2) is 69.0 Å². The summed E-state index contributed by atoms with van der Waals surface area (Å²) in [5.41, 5.74) is 2.24. The number of ether oxygens (including phenoxy) is 1. The minimum atomic E-state index is -3.87. The van der Waals surface area contributed by atoms with Crippen LogP contribution in [0.15, 0.2) is 59.8 Å². The number of rotatable bonds is 5. The van der Waals surface area contributed by atoms with E-state index in [0.29, 0.717) is 48.0 Å². The standard InChI is InChI=1S/C25H28N6O4S2/c1-17-4-6-20(7-5-17)37(33,34)31-11-9-22-21(8-10-27-25(22)31)24-28-19(16-36(3,26)32)14-23(29-24)30-12-13-35-15-18(30)2/h4-11,14,16,18H,12-13,15H2,1-3H3,(H2,26,32)/t18-,36?/m1/s1. The number of nitrogens with two attached hydrogens (primary N) is 1. The lowest BCUT2D eigenvalue weighted by atomic mass is 10.1. The maximum absolute atomic E-state index is 13.4. The van der Waals surface area contributed by atoms with Gasteiger partial charge in [0.25, 0.3) is 10.0 Å². The lowest BCUT2D eigenvalue weighted by Gasteiger charge is -2.34. The van der Waals surface area contributed by atoms with Gasteiger partial charge in [0.1, 0.15) is 5.82 Å². The Labute approximate surface area is 216 Å². The largest absolute Gasteiger partial charge is 0.377 e. The molecule has 2 atom stereocenters. The minimum Gasteiger partial charge on any atom is -0.377 e. The fourth-order valence-corrected chi connectivity index (χ4v) is 6.22. The zero-order valence-corrected chi connectivity index (χ0v) is 22.4. The highest BCUT2D eigenvalue weighted by atomic mass is 32.2. The van der Waals surface area contributed by atoms with Crippen LogP contribution in [-0.2, 0) is 24.5 Å². The second-order valence-corrected chi connectivity index (χ2v) is 13.2. The molecule has 37 heavy (non-hydrogen) atoms. The van der Waals surface area contributed by atoms with Crippen molar-refractivity contribution in [1.82, 2.24) is 18.9 Å². The van der Waals surface area contributed by atoms with Crippen molar-refractivity contribution in [3.8, 4) is 11.4 Å². The fraction of sp³-hybridized carbons (Fsp3) is 0.280. The number of benzene rings is 1. The molecule has 1 saturated heterocycles. The molecule has 0 spiro atoms. The molecule has 12 heteroatoms. The quantitative estimate of drug-likeness (QED) is 0.381. The predicted molar refractivity (Wildman–Crippen MR) is 146 cm³/mol. The zero-order valence-electron chi connectivity index (χ0n) is 20.7. The third kappa shape index (κ3) is 5.10. The van der Waals surface area contributed by atoms with Crippen LogP contribution in [0.1, 0.15) is 18.2 Å². The zero-order chi connectivity index (χ0) is 26.4. The van der Waals surface area contributed by atoms with Gasteiger partial charge in [-0.15, -0.1) is 0 Å². The summed E-state index contributed by atoms with van der Waals surface area (Å²) in [6, 6.07) is 11.9. The molecule has 10 nitrogen and oxygen atoms in total. The van der Waals surface area contributed by atoms with Gasteiger partial charge in [0.15, 0.2) is 11.5 Å². The van der Waals surface area contributed by atoms with Gasteiger partial charge in [-0.3, -0.25) is 9.35 Å². The van der Waals surface area contributed by atoms with E-state index in [1.807, 2.05) is 13.8 Å². The maximum Gasteiger partial charge on any atom is 0.269 e. The molecule has 1 unspecified atom stereocenters. The molecule has 2 N–H and O–H groups in total. The molecule has 0 saturated carbocycles. The average molecular weight is 541 g/mol. The van der Waals surface area contributed by atoms with Crippen molar-refractivity contribution in [2.75, 3.05) is 30.9 Å².